The van der Waals surface area contributed by atoms with Gasteiger partial charge in [-0.15, -0.1) is 11.6 Å². The molecule has 0 unspecified atom stereocenters. The molecular weight excluding hydrogens is 240 g/mol. The summed E-state index contributed by atoms with van der Waals surface area (Å²) in [5.41, 5.74) is 2.45. The lowest BCUT2D eigenvalue weighted by molar-refractivity contribution is 0.528. The summed E-state index contributed by atoms with van der Waals surface area (Å²) >= 11 is 5.66. The highest BCUT2D eigenvalue weighted by molar-refractivity contribution is 6.17. The van der Waals surface area contributed by atoms with Crippen LogP contribution < -0.4 is 10.7 Å². The normalized spacial score (nSPS) is 11.0. The first kappa shape index (κ1) is 12.0. The van der Waals surface area contributed by atoms with E-state index >= 15 is 0 Å². The molecule has 0 saturated carbocycles. The summed E-state index contributed by atoms with van der Waals surface area (Å²) in [6.45, 7) is 0.881. The maximum atomic E-state index is 11.4. The number of aryl methyl sites for hydroxylation is 1. The average molecular weight is 255 g/mol. The highest BCUT2D eigenvalue weighted by Crippen LogP contribution is 2.20. The molecule has 0 aliphatic rings. The SMILES string of the molecule is CN(CCCCl)c1ccc2c(c1)oc(=O)n2C. The molecule has 92 valence electrons. The lowest BCUT2D eigenvalue weighted by Crippen LogP contribution is -2.18. The quantitative estimate of drug-likeness (QED) is 0.785. The summed E-state index contributed by atoms with van der Waals surface area (Å²) in [5, 5.41) is 0. The third-order valence-corrected chi connectivity index (χ3v) is 3.11. The van der Waals surface area contributed by atoms with E-state index in [0.717, 1.165) is 24.2 Å². The second-order valence-electron chi connectivity index (χ2n) is 4.04. The zero-order chi connectivity index (χ0) is 12.4. The lowest BCUT2D eigenvalue weighted by atomic mass is 10.2. The zero-order valence-corrected chi connectivity index (χ0v) is 10.7. The van der Waals surface area contributed by atoms with Crippen molar-refractivity contribution in [2.75, 3.05) is 24.4 Å². The molecule has 17 heavy (non-hydrogen) atoms. The molecule has 0 N–H and O–H groups in total. The van der Waals surface area contributed by atoms with Gasteiger partial charge in [0.2, 0.25) is 0 Å². The fourth-order valence-electron chi connectivity index (χ4n) is 1.79. The highest BCUT2D eigenvalue weighted by Gasteiger charge is 2.08. The molecule has 2 aromatic rings. The molecular formula is C12H15ClN2O2. The minimum atomic E-state index is -0.333. The van der Waals surface area contributed by atoms with Crippen LogP contribution >= 0.6 is 11.6 Å². The van der Waals surface area contributed by atoms with E-state index in [1.54, 1.807) is 7.05 Å². The molecule has 1 heterocycles. The molecule has 0 bridgehead atoms. The van der Waals surface area contributed by atoms with Crippen LogP contribution in [0.15, 0.2) is 27.4 Å². The van der Waals surface area contributed by atoms with Gasteiger partial charge in [0.15, 0.2) is 5.58 Å². The molecule has 0 atom stereocenters. The van der Waals surface area contributed by atoms with E-state index in [0.29, 0.717) is 11.5 Å². The zero-order valence-electron chi connectivity index (χ0n) is 9.94. The number of nitrogens with zero attached hydrogens (tertiary/aromatic N) is 2. The molecule has 0 spiro atoms. The van der Waals surface area contributed by atoms with E-state index < -0.39 is 0 Å². The van der Waals surface area contributed by atoms with Gasteiger partial charge in [0.25, 0.3) is 0 Å². The van der Waals surface area contributed by atoms with E-state index in [-0.39, 0.29) is 5.76 Å². The van der Waals surface area contributed by atoms with Gasteiger partial charge in [0.1, 0.15) is 0 Å². The van der Waals surface area contributed by atoms with Crippen LogP contribution in [-0.2, 0) is 7.05 Å². The van der Waals surface area contributed by atoms with Gasteiger partial charge >= 0.3 is 5.76 Å². The van der Waals surface area contributed by atoms with Crippen molar-refractivity contribution in [3.8, 4) is 0 Å². The summed E-state index contributed by atoms with van der Waals surface area (Å²) in [6, 6.07) is 5.75. The molecule has 1 aromatic heterocycles. The maximum Gasteiger partial charge on any atom is 0.419 e. The van der Waals surface area contributed by atoms with E-state index in [1.807, 2.05) is 25.2 Å². The average Bonchev–Trinajstić information content (AvgIpc) is 2.61. The number of anilines is 1. The summed E-state index contributed by atoms with van der Waals surface area (Å²) in [6.07, 6.45) is 0.925. The second kappa shape index (κ2) is 4.84. The number of rotatable bonds is 4. The fourth-order valence-corrected chi connectivity index (χ4v) is 1.91. The van der Waals surface area contributed by atoms with E-state index in [9.17, 15) is 4.79 Å². The van der Waals surface area contributed by atoms with Crippen molar-refractivity contribution in [1.29, 1.82) is 0 Å². The summed E-state index contributed by atoms with van der Waals surface area (Å²) in [5.74, 6) is 0.313. The van der Waals surface area contributed by atoms with Crippen LogP contribution in [0.5, 0.6) is 0 Å². The Hall–Kier alpha value is -1.42. The molecule has 0 fully saturated rings. The summed E-state index contributed by atoms with van der Waals surface area (Å²) in [7, 11) is 3.69. The van der Waals surface area contributed by atoms with E-state index in [2.05, 4.69) is 4.90 Å². The van der Waals surface area contributed by atoms with Gasteiger partial charge in [-0.1, -0.05) is 0 Å². The topological polar surface area (TPSA) is 38.4 Å². The smallest absolute Gasteiger partial charge is 0.408 e. The summed E-state index contributed by atoms with van der Waals surface area (Å²) < 4.78 is 6.65. The van der Waals surface area contributed by atoms with E-state index in [1.165, 1.54) is 4.57 Å². The maximum absolute atomic E-state index is 11.4. The first-order valence-electron chi connectivity index (χ1n) is 5.50. The summed E-state index contributed by atoms with van der Waals surface area (Å²) in [4.78, 5) is 13.4. The van der Waals surface area contributed by atoms with Crippen molar-refractivity contribution in [3.63, 3.8) is 0 Å². The third-order valence-electron chi connectivity index (χ3n) is 2.84. The highest BCUT2D eigenvalue weighted by atomic mass is 35.5. The van der Waals surface area contributed by atoms with Crippen LogP contribution in [0.4, 0.5) is 5.69 Å². The molecule has 2 rings (SSSR count). The number of alkyl halides is 1. The van der Waals surface area contributed by atoms with Crippen LogP contribution in [0.1, 0.15) is 6.42 Å². The Bertz CT molecular complexity index is 573. The Morgan fingerprint density at radius 2 is 2.24 bits per heavy atom. The fraction of sp³-hybridized carbons (Fsp3) is 0.417. The van der Waals surface area contributed by atoms with Crippen molar-refractivity contribution < 1.29 is 4.42 Å². The van der Waals surface area contributed by atoms with Crippen LogP contribution in [0, 0.1) is 0 Å². The number of halogens is 1. The van der Waals surface area contributed by atoms with Gasteiger partial charge in [0.05, 0.1) is 5.52 Å². The lowest BCUT2D eigenvalue weighted by Gasteiger charge is -2.18. The Balaban J connectivity index is 2.34. The Morgan fingerprint density at radius 1 is 1.47 bits per heavy atom. The number of hydrogen-bond acceptors (Lipinski definition) is 3. The number of hydrogen-bond donors (Lipinski definition) is 0. The number of benzene rings is 1. The van der Waals surface area contributed by atoms with Crippen molar-refractivity contribution >= 4 is 28.4 Å². The first-order chi connectivity index (χ1) is 8.13. The number of aromatic nitrogens is 1. The Morgan fingerprint density at radius 3 is 2.94 bits per heavy atom. The van der Waals surface area contributed by atoms with Crippen LogP contribution in [0.3, 0.4) is 0 Å². The van der Waals surface area contributed by atoms with Gasteiger partial charge in [-0.25, -0.2) is 4.79 Å². The molecule has 0 saturated heterocycles. The first-order valence-corrected chi connectivity index (χ1v) is 6.03. The van der Waals surface area contributed by atoms with Gasteiger partial charge in [-0.2, -0.15) is 0 Å². The van der Waals surface area contributed by atoms with Gasteiger partial charge in [-0.3, -0.25) is 4.57 Å². The van der Waals surface area contributed by atoms with Crippen molar-refractivity contribution in [2.24, 2.45) is 7.05 Å². The number of fused-ring (bicyclic) bond motifs is 1. The molecule has 0 aliphatic carbocycles. The minimum Gasteiger partial charge on any atom is -0.408 e. The van der Waals surface area contributed by atoms with Crippen LogP contribution in [0.2, 0.25) is 0 Å². The molecule has 0 aliphatic heterocycles. The van der Waals surface area contributed by atoms with Gasteiger partial charge in [-0.05, 0) is 18.6 Å². The van der Waals surface area contributed by atoms with E-state index in [4.69, 9.17) is 16.0 Å². The van der Waals surface area contributed by atoms with Crippen LogP contribution in [-0.4, -0.2) is 24.0 Å². The molecule has 0 radical (unpaired) electrons. The standard InChI is InChI=1S/C12H15ClN2O2/c1-14(7-3-6-13)9-4-5-10-11(8-9)17-12(16)15(10)2/h4-5,8H,3,6-7H2,1-2H3. The van der Waals surface area contributed by atoms with Crippen molar-refractivity contribution in [1.82, 2.24) is 4.57 Å². The van der Waals surface area contributed by atoms with Crippen molar-refractivity contribution in [2.45, 2.75) is 6.42 Å². The monoisotopic (exact) mass is 254 g/mol. The van der Waals surface area contributed by atoms with Gasteiger partial charge < -0.3 is 9.32 Å². The van der Waals surface area contributed by atoms with Crippen LogP contribution in [0.25, 0.3) is 11.1 Å². The second-order valence-corrected chi connectivity index (χ2v) is 4.42. The predicted octanol–water partition coefficient (Wildman–Crippen LogP) is 2.20. The molecule has 4 nitrogen and oxygen atoms in total. The third kappa shape index (κ3) is 2.31. The molecule has 0 amide bonds. The number of oxazole rings is 1. The van der Waals surface area contributed by atoms with Crippen molar-refractivity contribution in [3.05, 3.63) is 28.7 Å². The predicted molar refractivity (Wildman–Crippen MR) is 70.1 cm³/mol. The van der Waals surface area contributed by atoms with Gasteiger partial charge in [0, 0.05) is 38.3 Å². The Kier molecular flexibility index (Phi) is 3.43. The molecule has 1 aromatic carbocycles. The molecule has 5 heteroatoms. The largest absolute Gasteiger partial charge is 0.419 e. The minimum absolute atomic E-state index is 0.333. The Labute approximate surface area is 104 Å².